The Kier molecular flexibility index (Phi) is 5.85. The van der Waals surface area contributed by atoms with Crippen LogP contribution >= 0.6 is 15.9 Å². The number of carbonyl (C=O) groups is 2. The van der Waals surface area contributed by atoms with Crippen LogP contribution in [0.25, 0.3) is 0 Å². The topological polar surface area (TPSA) is 63.6 Å². The molecule has 0 radical (unpaired) electrons. The van der Waals surface area contributed by atoms with Crippen LogP contribution in [0.1, 0.15) is 34.8 Å². The van der Waals surface area contributed by atoms with Gasteiger partial charge in [0.25, 0.3) is 0 Å². The Hall–Kier alpha value is -1.36. The normalized spacial score (nSPS) is 10.1. The average Bonchev–Trinajstić information content (AvgIpc) is 2.36. The van der Waals surface area contributed by atoms with E-state index in [1.807, 2.05) is 6.07 Å². The van der Waals surface area contributed by atoms with E-state index in [9.17, 15) is 9.59 Å². The lowest BCUT2D eigenvalue weighted by atomic mass is 10.0. The molecule has 0 saturated heterocycles. The summed E-state index contributed by atoms with van der Waals surface area (Å²) in [6, 6.07) is 5.39. The Balaban J connectivity index is 2.99. The maximum Gasteiger partial charge on any atom is 0.338 e. The highest BCUT2D eigenvalue weighted by molar-refractivity contribution is 9.08. The smallest absolute Gasteiger partial charge is 0.338 e. The Morgan fingerprint density at radius 3 is 2.67 bits per heavy atom. The van der Waals surface area contributed by atoms with E-state index in [0.717, 1.165) is 5.56 Å². The van der Waals surface area contributed by atoms with E-state index in [0.29, 0.717) is 29.5 Å². The molecule has 0 spiro atoms. The number of aliphatic carboxylic acids is 1. The fourth-order valence-electron chi connectivity index (χ4n) is 1.57. The lowest BCUT2D eigenvalue weighted by Crippen LogP contribution is -2.10. The van der Waals surface area contributed by atoms with Gasteiger partial charge in [-0.25, -0.2) is 4.79 Å². The molecule has 0 aromatic heterocycles. The van der Waals surface area contributed by atoms with Crippen molar-refractivity contribution in [1.29, 1.82) is 0 Å². The van der Waals surface area contributed by atoms with Crippen LogP contribution in [0.2, 0.25) is 0 Å². The van der Waals surface area contributed by atoms with Crippen LogP contribution in [0.3, 0.4) is 0 Å². The van der Waals surface area contributed by atoms with Crippen molar-refractivity contribution in [2.75, 3.05) is 6.61 Å². The predicted octanol–water partition coefficient (Wildman–Crippen LogP) is 2.78. The van der Waals surface area contributed by atoms with Crippen LogP contribution in [0.5, 0.6) is 0 Å². The number of hydrogen-bond donors (Lipinski definition) is 1. The zero-order valence-corrected chi connectivity index (χ0v) is 11.7. The quantitative estimate of drug-likeness (QED) is 0.648. The molecule has 5 heteroatoms. The molecular weight excluding hydrogens is 300 g/mol. The van der Waals surface area contributed by atoms with E-state index in [1.165, 1.54) is 0 Å². The molecular formula is C13H15BrO4. The zero-order chi connectivity index (χ0) is 13.5. The monoisotopic (exact) mass is 314 g/mol. The third-order valence-corrected chi connectivity index (χ3v) is 3.08. The number of hydrogen-bond acceptors (Lipinski definition) is 3. The molecule has 0 amide bonds. The van der Waals surface area contributed by atoms with Crippen molar-refractivity contribution < 1.29 is 19.4 Å². The predicted molar refractivity (Wildman–Crippen MR) is 71.0 cm³/mol. The van der Waals surface area contributed by atoms with Crippen molar-refractivity contribution in [3.8, 4) is 0 Å². The first-order chi connectivity index (χ1) is 8.58. The summed E-state index contributed by atoms with van der Waals surface area (Å²) < 4.78 is 4.97. The second kappa shape index (κ2) is 7.16. The van der Waals surface area contributed by atoms with Gasteiger partial charge in [0.05, 0.1) is 12.2 Å². The summed E-state index contributed by atoms with van der Waals surface area (Å²) in [7, 11) is 0. The van der Waals surface area contributed by atoms with Gasteiger partial charge >= 0.3 is 11.9 Å². The molecule has 98 valence electrons. The van der Waals surface area contributed by atoms with Crippen molar-refractivity contribution in [1.82, 2.24) is 0 Å². The molecule has 1 aromatic carbocycles. The van der Waals surface area contributed by atoms with Crippen molar-refractivity contribution in [2.24, 2.45) is 0 Å². The fourth-order valence-corrected chi connectivity index (χ4v) is 1.91. The van der Waals surface area contributed by atoms with Gasteiger partial charge < -0.3 is 9.84 Å². The van der Waals surface area contributed by atoms with Gasteiger partial charge in [-0.3, -0.25) is 4.79 Å². The van der Waals surface area contributed by atoms with Crippen molar-refractivity contribution in [2.45, 2.75) is 25.1 Å². The summed E-state index contributed by atoms with van der Waals surface area (Å²) in [5.74, 6) is -1.28. The Bertz CT molecular complexity index is 443. The van der Waals surface area contributed by atoms with Gasteiger partial charge in [-0.05, 0) is 30.5 Å². The van der Waals surface area contributed by atoms with Crippen LogP contribution < -0.4 is 0 Å². The Morgan fingerprint density at radius 1 is 1.39 bits per heavy atom. The molecule has 1 rings (SSSR count). The lowest BCUT2D eigenvalue weighted by Gasteiger charge is -2.09. The highest BCUT2D eigenvalue weighted by Crippen LogP contribution is 2.17. The second-order valence-corrected chi connectivity index (χ2v) is 4.30. The molecule has 0 aliphatic carbocycles. The SMILES string of the molecule is CCOC(=O)c1cc(CBr)ccc1CCC(=O)O. The number of carbonyl (C=O) groups excluding carboxylic acids is 1. The lowest BCUT2D eigenvalue weighted by molar-refractivity contribution is -0.136. The molecule has 1 aromatic rings. The third-order valence-electron chi connectivity index (χ3n) is 2.43. The summed E-state index contributed by atoms with van der Waals surface area (Å²) in [6.45, 7) is 2.04. The van der Waals surface area contributed by atoms with Crippen LogP contribution in [0.15, 0.2) is 18.2 Å². The summed E-state index contributed by atoms with van der Waals surface area (Å²) in [6.07, 6.45) is 0.326. The number of carboxylic acids is 1. The van der Waals surface area contributed by atoms with Crippen LogP contribution in [-0.4, -0.2) is 23.7 Å². The number of aryl methyl sites for hydroxylation is 1. The molecule has 18 heavy (non-hydrogen) atoms. The minimum absolute atomic E-state index is 0.0000637. The molecule has 1 N–H and O–H groups in total. The van der Waals surface area contributed by atoms with Crippen LogP contribution in [0, 0.1) is 0 Å². The van der Waals surface area contributed by atoms with Crippen molar-refractivity contribution in [3.05, 3.63) is 34.9 Å². The van der Waals surface area contributed by atoms with Gasteiger partial charge in [0.15, 0.2) is 0 Å². The minimum atomic E-state index is -0.880. The van der Waals surface area contributed by atoms with Gasteiger partial charge in [0.1, 0.15) is 0 Å². The number of halogens is 1. The zero-order valence-electron chi connectivity index (χ0n) is 10.1. The average molecular weight is 315 g/mol. The summed E-state index contributed by atoms with van der Waals surface area (Å²) in [5, 5.41) is 9.32. The van der Waals surface area contributed by atoms with Crippen molar-refractivity contribution >= 4 is 27.9 Å². The van der Waals surface area contributed by atoms with E-state index in [4.69, 9.17) is 9.84 Å². The molecule has 0 atom stereocenters. The Morgan fingerprint density at radius 2 is 2.11 bits per heavy atom. The van der Waals surface area contributed by atoms with Gasteiger partial charge in [0.2, 0.25) is 0 Å². The fraction of sp³-hybridized carbons (Fsp3) is 0.385. The standard InChI is InChI=1S/C13H15BrO4/c1-2-18-13(17)11-7-9(8-14)3-4-10(11)5-6-12(15)16/h3-4,7H,2,5-6,8H2,1H3,(H,15,16). The minimum Gasteiger partial charge on any atom is -0.481 e. The van der Waals surface area contributed by atoms with Crippen LogP contribution in [-0.2, 0) is 21.3 Å². The van der Waals surface area contributed by atoms with Gasteiger partial charge in [-0.15, -0.1) is 0 Å². The van der Waals surface area contributed by atoms with E-state index in [1.54, 1.807) is 19.1 Å². The first-order valence-corrected chi connectivity index (χ1v) is 6.77. The number of benzene rings is 1. The molecule has 0 unspecified atom stereocenters. The maximum absolute atomic E-state index is 11.8. The van der Waals surface area contributed by atoms with E-state index < -0.39 is 11.9 Å². The summed E-state index contributed by atoms with van der Waals surface area (Å²) in [4.78, 5) is 22.4. The third kappa shape index (κ3) is 4.14. The summed E-state index contributed by atoms with van der Waals surface area (Å²) >= 11 is 3.32. The highest BCUT2D eigenvalue weighted by Gasteiger charge is 2.14. The molecule has 0 saturated carbocycles. The molecule has 0 fully saturated rings. The first-order valence-electron chi connectivity index (χ1n) is 5.65. The maximum atomic E-state index is 11.8. The first kappa shape index (κ1) is 14.7. The Labute approximate surface area is 114 Å². The molecule has 4 nitrogen and oxygen atoms in total. The van der Waals surface area contributed by atoms with Gasteiger partial charge in [-0.2, -0.15) is 0 Å². The van der Waals surface area contributed by atoms with Gasteiger partial charge in [0, 0.05) is 11.8 Å². The van der Waals surface area contributed by atoms with Crippen LogP contribution in [0.4, 0.5) is 0 Å². The number of carboxylic acid groups (broad SMARTS) is 1. The van der Waals surface area contributed by atoms with Crippen molar-refractivity contribution in [3.63, 3.8) is 0 Å². The number of esters is 1. The summed E-state index contributed by atoms with van der Waals surface area (Å²) in [5.41, 5.74) is 2.12. The van der Waals surface area contributed by atoms with E-state index in [-0.39, 0.29) is 6.42 Å². The van der Waals surface area contributed by atoms with Gasteiger partial charge in [-0.1, -0.05) is 28.1 Å². The number of alkyl halides is 1. The largest absolute Gasteiger partial charge is 0.481 e. The molecule has 0 heterocycles. The molecule has 0 aliphatic heterocycles. The highest BCUT2D eigenvalue weighted by atomic mass is 79.9. The number of rotatable bonds is 6. The molecule has 0 aliphatic rings. The number of ether oxygens (including phenoxy) is 1. The van der Waals surface area contributed by atoms with E-state index >= 15 is 0 Å². The van der Waals surface area contributed by atoms with E-state index in [2.05, 4.69) is 15.9 Å². The molecule has 0 bridgehead atoms. The second-order valence-electron chi connectivity index (χ2n) is 3.74.